The van der Waals surface area contributed by atoms with Crippen molar-refractivity contribution in [2.45, 2.75) is 62.7 Å². The van der Waals surface area contributed by atoms with Crippen LogP contribution in [0.15, 0.2) is 60.8 Å². The molecule has 3 rings (SSSR count). The van der Waals surface area contributed by atoms with Gasteiger partial charge in [0.2, 0.25) is 23.6 Å². The van der Waals surface area contributed by atoms with Crippen LogP contribution in [0.5, 0.6) is 0 Å². The molecule has 14 nitrogen and oxygen atoms in total. The maximum atomic E-state index is 13.6. The number of carbonyl (C=O) groups is 6. The molecule has 4 unspecified atom stereocenters. The highest BCUT2D eigenvalue weighted by molar-refractivity contribution is 5.95. The number of fused-ring (bicyclic) bond motifs is 1. The Morgan fingerprint density at radius 2 is 1.34 bits per heavy atom. The largest absolute Gasteiger partial charge is 0.481 e. The normalized spacial score (nSPS) is 13.7. The van der Waals surface area contributed by atoms with Gasteiger partial charge in [0.05, 0.1) is 6.04 Å². The SMILES string of the molecule is NC(=O)CCC(NC(=O)C(N)CCC(=O)O)C(=O)NC(Cc1c[nH]c2ccccc12)C(=O)NC(Cc1ccccc1)C(=O)O. The van der Waals surface area contributed by atoms with Crippen LogP contribution in [-0.2, 0) is 41.6 Å². The molecule has 4 amide bonds. The zero-order valence-electron chi connectivity index (χ0n) is 23.8. The Kier molecular flexibility index (Phi) is 12.0. The van der Waals surface area contributed by atoms with Crippen molar-refractivity contribution >= 4 is 46.5 Å². The molecule has 44 heavy (non-hydrogen) atoms. The molecular formula is C30H36N6O8. The Bertz CT molecular complexity index is 1490. The fourth-order valence-corrected chi connectivity index (χ4v) is 4.57. The number of carboxylic acids is 2. The predicted octanol–water partition coefficient (Wildman–Crippen LogP) is -0.0503. The first-order valence-corrected chi connectivity index (χ1v) is 13.9. The minimum absolute atomic E-state index is 0.0127. The lowest BCUT2D eigenvalue weighted by Gasteiger charge is -2.25. The number of aromatic nitrogens is 1. The highest BCUT2D eigenvalue weighted by Gasteiger charge is 2.31. The van der Waals surface area contributed by atoms with E-state index < -0.39 is 59.7 Å². The Balaban J connectivity index is 1.85. The van der Waals surface area contributed by atoms with Crippen molar-refractivity contribution in [1.29, 1.82) is 0 Å². The molecule has 1 aromatic heterocycles. The van der Waals surface area contributed by atoms with Gasteiger partial charge in [-0.25, -0.2) is 4.79 Å². The maximum absolute atomic E-state index is 13.6. The number of primary amides is 1. The van der Waals surface area contributed by atoms with Crippen LogP contribution in [-0.4, -0.2) is 74.9 Å². The van der Waals surface area contributed by atoms with E-state index in [0.29, 0.717) is 11.1 Å². The summed E-state index contributed by atoms with van der Waals surface area (Å²) in [7, 11) is 0. The fourth-order valence-electron chi connectivity index (χ4n) is 4.57. The van der Waals surface area contributed by atoms with Crippen LogP contribution < -0.4 is 27.4 Å². The second-order valence-electron chi connectivity index (χ2n) is 10.3. The molecule has 4 atom stereocenters. The van der Waals surface area contributed by atoms with Crippen LogP contribution in [0, 0.1) is 0 Å². The van der Waals surface area contributed by atoms with Gasteiger partial charge < -0.3 is 42.6 Å². The number of nitrogens with one attached hydrogen (secondary N) is 4. The molecule has 10 N–H and O–H groups in total. The Morgan fingerprint density at radius 3 is 2.00 bits per heavy atom. The summed E-state index contributed by atoms with van der Waals surface area (Å²) in [4.78, 5) is 77.2. The minimum Gasteiger partial charge on any atom is -0.481 e. The molecule has 0 saturated heterocycles. The van der Waals surface area contributed by atoms with Gasteiger partial charge in [-0.3, -0.25) is 24.0 Å². The molecule has 0 radical (unpaired) electrons. The van der Waals surface area contributed by atoms with Crippen molar-refractivity contribution < 1.29 is 39.0 Å². The summed E-state index contributed by atoms with van der Waals surface area (Å²) < 4.78 is 0. The number of amides is 4. The number of aromatic amines is 1. The molecule has 1 heterocycles. The highest BCUT2D eigenvalue weighted by Crippen LogP contribution is 2.19. The van der Waals surface area contributed by atoms with E-state index >= 15 is 0 Å². The van der Waals surface area contributed by atoms with Gasteiger partial charge in [0.15, 0.2) is 0 Å². The van der Waals surface area contributed by atoms with E-state index in [1.807, 2.05) is 18.2 Å². The van der Waals surface area contributed by atoms with Gasteiger partial charge in [-0.1, -0.05) is 48.5 Å². The van der Waals surface area contributed by atoms with Gasteiger partial charge in [0.25, 0.3) is 0 Å². The number of nitrogens with two attached hydrogens (primary N) is 2. The quantitative estimate of drug-likeness (QED) is 0.102. The molecule has 14 heteroatoms. The summed E-state index contributed by atoms with van der Waals surface area (Å²) in [5, 5.41) is 27.0. The number of hydrogen-bond donors (Lipinski definition) is 8. The average molecular weight is 609 g/mol. The number of carbonyl (C=O) groups excluding carboxylic acids is 4. The second-order valence-corrected chi connectivity index (χ2v) is 10.3. The molecule has 234 valence electrons. The molecule has 0 aliphatic rings. The first-order valence-electron chi connectivity index (χ1n) is 13.9. The third-order valence-corrected chi connectivity index (χ3v) is 6.95. The maximum Gasteiger partial charge on any atom is 0.326 e. The van der Waals surface area contributed by atoms with Crippen molar-refractivity contribution in [3.8, 4) is 0 Å². The van der Waals surface area contributed by atoms with Crippen LogP contribution in [0.3, 0.4) is 0 Å². The first-order chi connectivity index (χ1) is 20.9. The van der Waals surface area contributed by atoms with Gasteiger partial charge >= 0.3 is 11.9 Å². The lowest BCUT2D eigenvalue weighted by Crippen LogP contribution is -2.58. The number of carboxylic acid groups (broad SMARTS) is 2. The summed E-state index contributed by atoms with van der Waals surface area (Å²) in [5.74, 6) is -5.64. The molecule has 0 fully saturated rings. The summed E-state index contributed by atoms with van der Waals surface area (Å²) in [6.45, 7) is 0. The van der Waals surface area contributed by atoms with E-state index in [1.54, 1.807) is 42.6 Å². The second kappa shape index (κ2) is 15.8. The molecule has 2 aromatic carbocycles. The summed E-state index contributed by atoms with van der Waals surface area (Å²) >= 11 is 0. The number of para-hydroxylation sites is 1. The molecule has 0 bridgehead atoms. The monoisotopic (exact) mass is 608 g/mol. The van der Waals surface area contributed by atoms with Crippen molar-refractivity contribution in [1.82, 2.24) is 20.9 Å². The van der Waals surface area contributed by atoms with Gasteiger partial charge in [-0.15, -0.1) is 0 Å². The van der Waals surface area contributed by atoms with Gasteiger partial charge in [-0.05, 0) is 30.0 Å². The number of benzene rings is 2. The number of rotatable bonds is 17. The Hall–Kier alpha value is -5.24. The first kappa shape index (κ1) is 33.3. The number of hydrogen-bond acceptors (Lipinski definition) is 7. The number of H-pyrrole nitrogens is 1. The third kappa shape index (κ3) is 9.94. The zero-order chi connectivity index (χ0) is 32.2. The molecule has 3 aromatic rings. The molecular weight excluding hydrogens is 572 g/mol. The molecule has 0 aliphatic carbocycles. The van der Waals surface area contributed by atoms with E-state index in [4.69, 9.17) is 16.6 Å². The van der Waals surface area contributed by atoms with Crippen LogP contribution >= 0.6 is 0 Å². The molecule has 0 saturated carbocycles. The van der Waals surface area contributed by atoms with E-state index in [1.165, 1.54) is 0 Å². The van der Waals surface area contributed by atoms with Gasteiger partial charge in [0, 0.05) is 42.8 Å². The van der Waals surface area contributed by atoms with Gasteiger partial charge in [0.1, 0.15) is 18.1 Å². The summed E-state index contributed by atoms with van der Waals surface area (Å²) in [6.07, 6.45) is 0.507. The van der Waals surface area contributed by atoms with E-state index in [2.05, 4.69) is 20.9 Å². The van der Waals surface area contributed by atoms with E-state index in [9.17, 15) is 33.9 Å². The van der Waals surface area contributed by atoms with Crippen molar-refractivity contribution in [2.75, 3.05) is 0 Å². The van der Waals surface area contributed by atoms with Crippen LogP contribution in [0.1, 0.15) is 36.8 Å². The molecule has 0 aliphatic heterocycles. The average Bonchev–Trinajstić information content (AvgIpc) is 3.40. The molecule has 0 spiro atoms. The van der Waals surface area contributed by atoms with E-state index in [-0.39, 0.29) is 38.5 Å². The Labute approximate surface area is 252 Å². The van der Waals surface area contributed by atoms with E-state index in [0.717, 1.165) is 10.9 Å². The lowest BCUT2D eigenvalue weighted by molar-refractivity contribution is -0.142. The summed E-state index contributed by atoms with van der Waals surface area (Å²) in [6, 6.07) is 10.7. The third-order valence-electron chi connectivity index (χ3n) is 6.95. The predicted molar refractivity (Wildman–Crippen MR) is 159 cm³/mol. The Morgan fingerprint density at radius 1 is 0.727 bits per heavy atom. The zero-order valence-corrected chi connectivity index (χ0v) is 23.8. The van der Waals surface area contributed by atoms with Crippen LogP contribution in [0.25, 0.3) is 10.9 Å². The van der Waals surface area contributed by atoms with Crippen molar-refractivity contribution in [2.24, 2.45) is 11.5 Å². The minimum atomic E-state index is -1.36. The highest BCUT2D eigenvalue weighted by atomic mass is 16.4. The topological polar surface area (TPSA) is 247 Å². The number of aliphatic carboxylic acids is 2. The van der Waals surface area contributed by atoms with Crippen molar-refractivity contribution in [3.05, 3.63) is 71.9 Å². The lowest BCUT2D eigenvalue weighted by atomic mass is 10.0. The van der Waals surface area contributed by atoms with Crippen LogP contribution in [0.2, 0.25) is 0 Å². The van der Waals surface area contributed by atoms with Crippen LogP contribution in [0.4, 0.5) is 0 Å². The van der Waals surface area contributed by atoms with Crippen molar-refractivity contribution in [3.63, 3.8) is 0 Å². The van der Waals surface area contributed by atoms with Gasteiger partial charge in [-0.2, -0.15) is 0 Å². The summed E-state index contributed by atoms with van der Waals surface area (Å²) in [5.41, 5.74) is 13.2. The standard InChI is InChI=1S/C30H36N6O8/c31-20(10-13-26(38)39)27(40)34-22(11-12-25(32)37)28(41)35-23(15-18-16-33-21-9-5-4-8-19(18)21)29(42)36-24(30(43)44)14-17-6-2-1-3-7-17/h1-9,16,20,22-24,33H,10-15,31H2,(H2,32,37)(H,34,40)(H,35,41)(H,36,42)(H,38,39)(H,43,44). The smallest absolute Gasteiger partial charge is 0.326 e. The fraction of sp³-hybridized carbons (Fsp3) is 0.333.